The number of halogens is 3. The van der Waals surface area contributed by atoms with Crippen molar-refractivity contribution < 1.29 is 31.1 Å². The first-order valence-corrected chi connectivity index (χ1v) is 9.62. The van der Waals surface area contributed by atoms with Crippen LogP contribution in [0.4, 0.5) is 18.9 Å². The minimum atomic E-state index is -4.68. The third kappa shape index (κ3) is 5.46. The summed E-state index contributed by atoms with van der Waals surface area (Å²) in [6.45, 7) is 1.96. The van der Waals surface area contributed by atoms with E-state index in [2.05, 4.69) is 10.0 Å². The maximum absolute atomic E-state index is 12.9. The van der Waals surface area contributed by atoms with E-state index in [1.54, 1.807) is 6.92 Å². The molecule has 2 N–H and O–H groups in total. The van der Waals surface area contributed by atoms with Crippen molar-refractivity contribution in [1.82, 2.24) is 5.32 Å². The van der Waals surface area contributed by atoms with E-state index in [9.17, 15) is 26.4 Å². The molecule has 0 aromatic heterocycles. The van der Waals surface area contributed by atoms with Crippen molar-refractivity contribution in [3.63, 3.8) is 0 Å². The minimum absolute atomic E-state index is 0.0287. The van der Waals surface area contributed by atoms with Crippen molar-refractivity contribution in [2.24, 2.45) is 0 Å². The van der Waals surface area contributed by atoms with E-state index in [1.807, 2.05) is 0 Å². The number of amides is 1. The molecule has 1 unspecified atom stereocenters. The number of alkyl halides is 3. The maximum atomic E-state index is 12.9. The standard InChI is InChI=1S/C18H19F3N2O4S/c1-12(11-27-2)22-17(24)15-8-3-4-9-16(15)23-28(25,26)14-7-5-6-13(10-14)18(19,20)21/h3-10,12,23H,11H2,1-2H3,(H,22,24). The zero-order valence-electron chi connectivity index (χ0n) is 15.1. The van der Waals surface area contributed by atoms with Gasteiger partial charge in [0.15, 0.2) is 0 Å². The van der Waals surface area contributed by atoms with Crippen LogP contribution in [0.2, 0.25) is 0 Å². The summed E-state index contributed by atoms with van der Waals surface area (Å²) < 4.78 is 70.8. The van der Waals surface area contributed by atoms with Gasteiger partial charge in [-0.15, -0.1) is 0 Å². The van der Waals surface area contributed by atoms with Gasteiger partial charge < -0.3 is 10.1 Å². The van der Waals surface area contributed by atoms with Crippen molar-refractivity contribution >= 4 is 21.6 Å². The summed E-state index contributed by atoms with van der Waals surface area (Å²) in [7, 11) is -2.87. The molecule has 2 aromatic rings. The van der Waals surface area contributed by atoms with Crippen LogP contribution in [0.15, 0.2) is 53.4 Å². The number of nitrogens with one attached hydrogen (secondary N) is 2. The van der Waals surface area contributed by atoms with E-state index in [0.717, 1.165) is 18.2 Å². The average molecular weight is 416 g/mol. The van der Waals surface area contributed by atoms with Crippen molar-refractivity contribution in [2.45, 2.75) is 24.0 Å². The second-order valence-electron chi connectivity index (χ2n) is 6.01. The molecule has 0 aliphatic heterocycles. The van der Waals surface area contributed by atoms with Gasteiger partial charge in [-0.2, -0.15) is 13.2 Å². The normalized spacial score (nSPS) is 13.0. The Hall–Kier alpha value is -2.59. The lowest BCUT2D eigenvalue weighted by Crippen LogP contribution is -2.36. The smallest absolute Gasteiger partial charge is 0.383 e. The Morgan fingerprint density at radius 2 is 1.82 bits per heavy atom. The molecule has 10 heteroatoms. The molecule has 0 aliphatic rings. The molecule has 0 saturated heterocycles. The summed E-state index contributed by atoms with van der Waals surface area (Å²) in [5.74, 6) is -0.549. The average Bonchev–Trinajstić information content (AvgIpc) is 2.61. The molecule has 0 bridgehead atoms. The van der Waals surface area contributed by atoms with E-state index in [0.29, 0.717) is 6.07 Å². The van der Waals surface area contributed by atoms with Gasteiger partial charge >= 0.3 is 6.18 Å². The molecule has 6 nitrogen and oxygen atoms in total. The largest absolute Gasteiger partial charge is 0.416 e. The van der Waals surface area contributed by atoms with Gasteiger partial charge in [-0.25, -0.2) is 8.42 Å². The van der Waals surface area contributed by atoms with Gasteiger partial charge in [0, 0.05) is 13.2 Å². The first-order chi connectivity index (χ1) is 13.0. The van der Waals surface area contributed by atoms with Gasteiger partial charge in [-0.05, 0) is 37.3 Å². The molecular formula is C18H19F3N2O4S. The highest BCUT2D eigenvalue weighted by atomic mass is 32.2. The van der Waals surface area contributed by atoms with Crippen LogP contribution in [0.1, 0.15) is 22.8 Å². The van der Waals surface area contributed by atoms with Crippen molar-refractivity contribution in [1.29, 1.82) is 0 Å². The number of sulfonamides is 1. The molecule has 152 valence electrons. The maximum Gasteiger partial charge on any atom is 0.416 e. The monoisotopic (exact) mass is 416 g/mol. The topological polar surface area (TPSA) is 84.5 Å². The van der Waals surface area contributed by atoms with Crippen LogP contribution in [0.3, 0.4) is 0 Å². The third-order valence-corrected chi connectivity index (χ3v) is 5.05. The molecule has 0 heterocycles. The van der Waals surface area contributed by atoms with Gasteiger partial charge in [0.05, 0.1) is 28.3 Å². The van der Waals surface area contributed by atoms with Gasteiger partial charge in [0.25, 0.3) is 15.9 Å². The Morgan fingerprint density at radius 1 is 1.14 bits per heavy atom. The SMILES string of the molecule is COCC(C)NC(=O)c1ccccc1NS(=O)(=O)c1cccc(C(F)(F)F)c1. The van der Waals surface area contributed by atoms with E-state index in [1.165, 1.54) is 31.4 Å². The lowest BCUT2D eigenvalue weighted by Gasteiger charge is -2.16. The highest BCUT2D eigenvalue weighted by molar-refractivity contribution is 7.92. The van der Waals surface area contributed by atoms with Gasteiger partial charge in [0.1, 0.15) is 0 Å². The third-order valence-electron chi connectivity index (χ3n) is 3.68. The summed E-state index contributed by atoms with van der Waals surface area (Å²) in [6, 6.07) is 8.81. The lowest BCUT2D eigenvalue weighted by molar-refractivity contribution is -0.137. The van der Waals surface area contributed by atoms with Crippen molar-refractivity contribution in [2.75, 3.05) is 18.4 Å². The molecule has 1 amide bonds. The summed E-state index contributed by atoms with van der Waals surface area (Å²) in [6.07, 6.45) is -4.68. The minimum Gasteiger partial charge on any atom is -0.383 e. The number of methoxy groups -OCH3 is 1. The summed E-state index contributed by atoms with van der Waals surface area (Å²) in [4.78, 5) is 11.8. The molecule has 28 heavy (non-hydrogen) atoms. The molecule has 0 aliphatic carbocycles. The van der Waals surface area contributed by atoms with E-state index >= 15 is 0 Å². The van der Waals surface area contributed by atoms with E-state index in [-0.39, 0.29) is 23.9 Å². The van der Waals surface area contributed by atoms with E-state index in [4.69, 9.17) is 4.74 Å². The van der Waals surface area contributed by atoms with Crippen LogP contribution in [-0.2, 0) is 20.9 Å². The molecule has 0 fully saturated rings. The fraction of sp³-hybridized carbons (Fsp3) is 0.278. The fourth-order valence-electron chi connectivity index (χ4n) is 2.41. The zero-order valence-corrected chi connectivity index (χ0v) is 15.9. The highest BCUT2D eigenvalue weighted by Crippen LogP contribution is 2.31. The lowest BCUT2D eigenvalue weighted by atomic mass is 10.1. The predicted octanol–water partition coefficient (Wildman–Crippen LogP) is 3.27. The number of para-hydroxylation sites is 1. The van der Waals surface area contributed by atoms with Gasteiger partial charge in [0.2, 0.25) is 0 Å². The number of hydrogen-bond donors (Lipinski definition) is 2. The number of hydrogen-bond acceptors (Lipinski definition) is 4. The number of carbonyl (C=O) groups excluding carboxylic acids is 1. The molecule has 2 aromatic carbocycles. The summed E-state index contributed by atoms with van der Waals surface area (Å²) >= 11 is 0. The quantitative estimate of drug-likeness (QED) is 0.726. The Bertz CT molecular complexity index is 946. The van der Waals surface area contributed by atoms with Crippen LogP contribution in [-0.4, -0.2) is 34.1 Å². The number of benzene rings is 2. The van der Waals surface area contributed by atoms with Crippen LogP contribution in [0, 0.1) is 0 Å². The van der Waals surface area contributed by atoms with Crippen LogP contribution < -0.4 is 10.0 Å². The molecule has 0 saturated carbocycles. The number of carbonyl (C=O) groups is 1. The highest BCUT2D eigenvalue weighted by Gasteiger charge is 2.31. The zero-order chi connectivity index (χ0) is 20.9. The number of anilines is 1. The van der Waals surface area contributed by atoms with E-state index < -0.39 is 32.6 Å². The molecule has 1 atom stereocenters. The fourth-order valence-corrected chi connectivity index (χ4v) is 3.53. The van der Waals surface area contributed by atoms with Crippen molar-refractivity contribution in [3.05, 3.63) is 59.7 Å². The Balaban J connectivity index is 2.32. The van der Waals surface area contributed by atoms with Gasteiger partial charge in [-0.3, -0.25) is 9.52 Å². The van der Waals surface area contributed by atoms with Crippen molar-refractivity contribution in [3.8, 4) is 0 Å². The Labute approximate surface area is 160 Å². The Kier molecular flexibility index (Phi) is 6.68. The predicted molar refractivity (Wildman–Crippen MR) is 97.5 cm³/mol. The van der Waals surface area contributed by atoms with Crippen LogP contribution in [0.5, 0.6) is 0 Å². The molecule has 0 spiro atoms. The molecular weight excluding hydrogens is 397 g/mol. The Morgan fingerprint density at radius 3 is 2.46 bits per heavy atom. The van der Waals surface area contributed by atoms with Crippen LogP contribution in [0.25, 0.3) is 0 Å². The molecule has 0 radical (unpaired) electrons. The second kappa shape index (κ2) is 8.61. The summed E-state index contributed by atoms with van der Waals surface area (Å²) in [5.41, 5.74) is -1.11. The first-order valence-electron chi connectivity index (χ1n) is 8.13. The number of rotatable bonds is 7. The van der Waals surface area contributed by atoms with Crippen LogP contribution >= 0.6 is 0 Å². The molecule has 2 rings (SSSR count). The number of ether oxygens (including phenoxy) is 1. The van der Waals surface area contributed by atoms with Gasteiger partial charge in [-0.1, -0.05) is 18.2 Å². The first kappa shape index (κ1) is 21.7. The summed E-state index contributed by atoms with van der Waals surface area (Å²) in [5, 5.41) is 2.64. The second-order valence-corrected chi connectivity index (χ2v) is 7.69.